The second kappa shape index (κ2) is 15.6. The quantitative estimate of drug-likeness (QED) is 0.188. The Labute approximate surface area is 233 Å². The van der Waals surface area contributed by atoms with Gasteiger partial charge in [0.25, 0.3) is 0 Å². The first-order chi connectivity index (χ1) is 18.6. The third-order valence-electron chi connectivity index (χ3n) is 10.8. The van der Waals surface area contributed by atoms with Gasteiger partial charge in [-0.1, -0.05) is 89.5 Å². The summed E-state index contributed by atoms with van der Waals surface area (Å²) >= 11 is 0. The molecule has 0 heterocycles. The molecule has 1 aromatic carbocycles. The van der Waals surface area contributed by atoms with Gasteiger partial charge in [-0.05, 0) is 124 Å². The molecule has 3 aliphatic carbocycles. The van der Waals surface area contributed by atoms with Crippen molar-refractivity contribution in [3.05, 3.63) is 47.0 Å². The third-order valence-corrected chi connectivity index (χ3v) is 10.8. The summed E-state index contributed by atoms with van der Waals surface area (Å²) in [6.45, 7) is 4.58. The summed E-state index contributed by atoms with van der Waals surface area (Å²) < 4.78 is 30.2. The van der Waals surface area contributed by atoms with E-state index in [1.165, 1.54) is 103 Å². The Balaban J connectivity index is 1.19. The lowest BCUT2D eigenvalue weighted by molar-refractivity contribution is 0.156. The highest BCUT2D eigenvalue weighted by molar-refractivity contribution is 5.30. The molecule has 38 heavy (non-hydrogen) atoms. The minimum absolute atomic E-state index is 0.197. The molecule has 0 N–H and O–H groups in total. The van der Waals surface area contributed by atoms with Crippen LogP contribution in [0.25, 0.3) is 0 Å². The number of benzene rings is 1. The zero-order chi connectivity index (χ0) is 26.7. The molecule has 0 radical (unpaired) electrons. The Kier molecular flexibility index (Phi) is 12.2. The van der Waals surface area contributed by atoms with Crippen LogP contribution in [0.3, 0.4) is 0 Å². The van der Waals surface area contributed by atoms with E-state index >= 15 is 8.78 Å². The fraction of sp³-hybridized carbons (Fsp3) is 0.778. The molecule has 4 rings (SSSR count). The van der Waals surface area contributed by atoms with Crippen molar-refractivity contribution in [2.75, 3.05) is 0 Å². The summed E-state index contributed by atoms with van der Waals surface area (Å²) in [6, 6.07) is 3.79. The predicted molar refractivity (Wildman–Crippen MR) is 158 cm³/mol. The molecule has 0 aromatic heterocycles. The van der Waals surface area contributed by atoms with Gasteiger partial charge in [0, 0.05) is 0 Å². The van der Waals surface area contributed by atoms with Crippen molar-refractivity contribution in [1.82, 2.24) is 0 Å². The van der Waals surface area contributed by atoms with Gasteiger partial charge >= 0.3 is 0 Å². The fourth-order valence-corrected chi connectivity index (χ4v) is 8.25. The van der Waals surface area contributed by atoms with Crippen LogP contribution in [0.2, 0.25) is 0 Å². The second-order valence-electron chi connectivity index (χ2n) is 13.4. The van der Waals surface area contributed by atoms with Crippen LogP contribution in [-0.4, -0.2) is 0 Å². The summed E-state index contributed by atoms with van der Waals surface area (Å²) in [5, 5.41) is 0. The van der Waals surface area contributed by atoms with Crippen LogP contribution in [0.5, 0.6) is 0 Å². The lowest BCUT2D eigenvalue weighted by Crippen LogP contribution is -2.25. The molecule has 2 heteroatoms. The molecular weight excluding hydrogens is 470 g/mol. The normalized spacial score (nSPS) is 30.6. The number of halogens is 2. The van der Waals surface area contributed by atoms with Gasteiger partial charge in [0.1, 0.15) is 0 Å². The largest absolute Gasteiger partial charge is 0.203 e. The zero-order valence-electron chi connectivity index (χ0n) is 24.7. The maximum atomic E-state index is 15.2. The van der Waals surface area contributed by atoms with Crippen molar-refractivity contribution in [2.24, 2.45) is 29.6 Å². The number of allylic oxidation sites excluding steroid dienone is 2. The third kappa shape index (κ3) is 8.41. The molecule has 0 amide bonds. The predicted octanol–water partition coefficient (Wildman–Crippen LogP) is 11.7. The Morgan fingerprint density at radius 3 is 1.97 bits per heavy atom. The SMILES string of the molecule is CCCCCC1CCC(/C=C/CCc2ccc(C3CCC(C4CCC(CCC)CC4)CC3)c(F)c2F)CC1. The first-order valence-electron chi connectivity index (χ1n) is 16.7. The Bertz CT molecular complexity index is 833. The van der Waals surface area contributed by atoms with Crippen LogP contribution in [0.4, 0.5) is 8.78 Å². The molecular formula is C36H56F2. The van der Waals surface area contributed by atoms with Gasteiger partial charge < -0.3 is 0 Å². The van der Waals surface area contributed by atoms with Gasteiger partial charge in [-0.25, -0.2) is 8.78 Å². The highest BCUT2D eigenvalue weighted by Crippen LogP contribution is 2.45. The minimum Gasteiger partial charge on any atom is -0.203 e. The van der Waals surface area contributed by atoms with Gasteiger partial charge in [0.15, 0.2) is 11.6 Å². The van der Waals surface area contributed by atoms with E-state index in [1.807, 2.05) is 12.1 Å². The van der Waals surface area contributed by atoms with Crippen LogP contribution >= 0.6 is 0 Å². The number of rotatable bonds is 12. The standard InChI is InChI=1S/C36H56F2/c1-3-5-6-10-28-13-15-29(16-14-28)11-7-8-12-33-25-26-34(36(38)35(33)37)32-23-21-31(22-24-32)30-19-17-27(9-4-2)18-20-30/h7,11,25-32H,3-6,8-10,12-24H2,1-2H3/b11-7+. The van der Waals surface area contributed by atoms with Gasteiger partial charge in [-0.3, -0.25) is 0 Å². The molecule has 3 fully saturated rings. The molecule has 0 unspecified atom stereocenters. The summed E-state index contributed by atoms with van der Waals surface area (Å²) in [4.78, 5) is 0. The topological polar surface area (TPSA) is 0 Å². The average Bonchev–Trinajstić information content (AvgIpc) is 2.95. The smallest absolute Gasteiger partial charge is 0.162 e. The first-order valence-corrected chi connectivity index (χ1v) is 16.7. The summed E-state index contributed by atoms with van der Waals surface area (Å²) in [7, 11) is 0. The van der Waals surface area contributed by atoms with Crippen LogP contribution < -0.4 is 0 Å². The maximum Gasteiger partial charge on any atom is 0.162 e. The lowest BCUT2D eigenvalue weighted by Gasteiger charge is -2.38. The number of hydrogen-bond acceptors (Lipinski definition) is 0. The molecule has 214 valence electrons. The molecule has 0 bridgehead atoms. The van der Waals surface area contributed by atoms with Gasteiger partial charge in [0.2, 0.25) is 0 Å². The van der Waals surface area contributed by atoms with Crippen molar-refractivity contribution in [1.29, 1.82) is 0 Å². The summed E-state index contributed by atoms with van der Waals surface area (Å²) in [5.41, 5.74) is 1.19. The molecule has 0 saturated heterocycles. The molecule has 3 aliphatic rings. The van der Waals surface area contributed by atoms with E-state index < -0.39 is 11.6 Å². The Morgan fingerprint density at radius 1 is 0.684 bits per heavy atom. The van der Waals surface area contributed by atoms with Crippen molar-refractivity contribution < 1.29 is 8.78 Å². The van der Waals surface area contributed by atoms with Gasteiger partial charge in [-0.15, -0.1) is 0 Å². The van der Waals surface area contributed by atoms with E-state index in [2.05, 4.69) is 26.0 Å². The van der Waals surface area contributed by atoms with Crippen molar-refractivity contribution in [3.8, 4) is 0 Å². The first kappa shape index (κ1) is 29.8. The van der Waals surface area contributed by atoms with Crippen LogP contribution in [0.1, 0.15) is 153 Å². The lowest BCUT2D eigenvalue weighted by atomic mass is 9.68. The average molecular weight is 527 g/mol. The zero-order valence-corrected chi connectivity index (χ0v) is 24.7. The summed E-state index contributed by atoms with van der Waals surface area (Å²) in [5.74, 6) is 3.31. The number of aryl methyl sites for hydroxylation is 1. The maximum absolute atomic E-state index is 15.2. The highest BCUT2D eigenvalue weighted by Gasteiger charge is 2.32. The van der Waals surface area contributed by atoms with E-state index in [1.54, 1.807) is 0 Å². The highest BCUT2D eigenvalue weighted by atomic mass is 19.2. The Morgan fingerprint density at radius 2 is 1.32 bits per heavy atom. The fourth-order valence-electron chi connectivity index (χ4n) is 8.25. The van der Waals surface area contributed by atoms with Crippen molar-refractivity contribution in [2.45, 2.75) is 148 Å². The monoisotopic (exact) mass is 526 g/mol. The molecule has 3 saturated carbocycles. The van der Waals surface area contributed by atoms with Gasteiger partial charge in [0.05, 0.1) is 0 Å². The van der Waals surface area contributed by atoms with Gasteiger partial charge in [-0.2, -0.15) is 0 Å². The number of unbranched alkanes of at least 4 members (excludes halogenated alkanes) is 2. The van der Waals surface area contributed by atoms with Crippen LogP contribution in [0, 0.1) is 41.2 Å². The number of hydrogen-bond donors (Lipinski definition) is 0. The molecule has 0 atom stereocenters. The van der Waals surface area contributed by atoms with Crippen molar-refractivity contribution >= 4 is 0 Å². The van der Waals surface area contributed by atoms with Crippen LogP contribution in [-0.2, 0) is 6.42 Å². The molecule has 0 nitrogen and oxygen atoms in total. The van der Waals surface area contributed by atoms with E-state index in [0.717, 1.165) is 42.9 Å². The molecule has 0 aliphatic heterocycles. The molecule has 1 aromatic rings. The van der Waals surface area contributed by atoms with E-state index in [0.29, 0.717) is 23.5 Å². The van der Waals surface area contributed by atoms with Crippen LogP contribution in [0.15, 0.2) is 24.3 Å². The van der Waals surface area contributed by atoms with E-state index in [-0.39, 0.29) is 5.92 Å². The second-order valence-corrected chi connectivity index (χ2v) is 13.4. The summed E-state index contributed by atoms with van der Waals surface area (Å²) in [6.07, 6.45) is 29.6. The minimum atomic E-state index is -0.583. The van der Waals surface area contributed by atoms with Crippen molar-refractivity contribution in [3.63, 3.8) is 0 Å². The van der Waals surface area contributed by atoms with E-state index in [4.69, 9.17) is 0 Å². The van der Waals surface area contributed by atoms with E-state index in [9.17, 15) is 0 Å². The Hall–Kier alpha value is -1.18. The molecule has 0 spiro atoms.